The summed E-state index contributed by atoms with van der Waals surface area (Å²) in [6, 6.07) is 1.96. The van der Waals surface area contributed by atoms with Gasteiger partial charge < -0.3 is 14.6 Å². The topological polar surface area (TPSA) is 88.1 Å². The molecule has 8 heteroatoms. The van der Waals surface area contributed by atoms with E-state index in [1.807, 2.05) is 11.0 Å². The van der Waals surface area contributed by atoms with Crippen molar-refractivity contribution >= 4 is 23.2 Å². The number of nitrogens with zero attached hydrogens (tertiary/aromatic N) is 1. The highest BCUT2D eigenvalue weighted by atomic mass is 32.1. The first-order valence-corrected chi connectivity index (χ1v) is 12.0. The molecule has 2 aliphatic heterocycles. The molecule has 0 bridgehead atoms. The van der Waals surface area contributed by atoms with Crippen LogP contribution < -0.4 is 5.32 Å². The van der Waals surface area contributed by atoms with E-state index >= 15 is 0 Å². The molecule has 3 heterocycles. The zero-order valence-corrected chi connectivity index (χ0v) is 18.3. The molecule has 2 unspecified atom stereocenters. The molecule has 0 aromatic carbocycles. The fourth-order valence-corrected chi connectivity index (χ4v) is 5.79. The minimum Gasteiger partial charge on any atom is -0.392 e. The summed E-state index contributed by atoms with van der Waals surface area (Å²) in [6.07, 6.45) is 8.06. The van der Waals surface area contributed by atoms with Crippen LogP contribution >= 0.6 is 11.3 Å². The third kappa shape index (κ3) is 5.11. The molecule has 0 radical (unpaired) electrons. The Morgan fingerprint density at radius 1 is 1.20 bits per heavy atom. The number of ether oxygens (including phenoxy) is 2. The van der Waals surface area contributed by atoms with Gasteiger partial charge in [0, 0.05) is 18.0 Å². The van der Waals surface area contributed by atoms with Crippen molar-refractivity contribution in [3.05, 3.63) is 21.4 Å². The number of β-amino-alcohol motifs (C(OH)–C–C–N with tert-alkyl or cyclic N) is 1. The molecule has 166 valence electrons. The summed E-state index contributed by atoms with van der Waals surface area (Å²) < 4.78 is 11.5. The number of hydrogen-bond donors (Lipinski definition) is 2. The number of carbonyl (C=O) groups is 2. The van der Waals surface area contributed by atoms with Gasteiger partial charge in [-0.3, -0.25) is 19.8 Å². The number of imide groups is 1. The summed E-state index contributed by atoms with van der Waals surface area (Å²) in [5, 5.41) is 12.6. The number of fused-ring (bicyclic) bond motifs is 1. The quantitative estimate of drug-likeness (QED) is 0.701. The molecule has 7 nitrogen and oxygen atoms in total. The largest absolute Gasteiger partial charge is 0.392 e. The van der Waals surface area contributed by atoms with E-state index in [0.717, 1.165) is 45.1 Å². The molecule has 0 spiro atoms. The number of likely N-dealkylation sites (tertiary alicyclic amines) is 1. The number of rotatable bonds is 4. The molecule has 1 aliphatic carbocycles. The van der Waals surface area contributed by atoms with E-state index in [1.54, 1.807) is 0 Å². The zero-order chi connectivity index (χ0) is 21.0. The fourth-order valence-electron chi connectivity index (χ4n) is 4.64. The van der Waals surface area contributed by atoms with Crippen LogP contribution in [0.5, 0.6) is 0 Å². The van der Waals surface area contributed by atoms with Gasteiger partial charge in [-0.2, -0.15) is 0 Å². The van der Waals surface area contributed by atoms with Crippen molar-refractivity contribution in [2.75, 3.05) is 39.5 Å². The number of carbonyl (C=O) groups excluding carboxylic acids is 2. The van der Waals surface area contributed by atoms with Crippen LogP contribution in [-0.2, 0) is 27.1 Å². The number of nitrogens with one attached hydrogen (secondary N) is 1. The van der Waals surface area contributed by atoms with Gasteiger partial charge in [0.25, 0.3) is 11.8 Å². The van der Waals surface area contributed by atoms with Gasteiger partial charge in [-0.05, 0) is 56.7 Å². The first kappa shape index (κ1) is 21.9. The second-order valence-electron chi connectivity index (χ2n) is 8.68. The molecule has 1 aromatic rings. The summed E-state index contributed by atoms with van der Waals surface area (Å²) >= 11 is 1.51. The van der Waals surface area contributed by atoms with Crippen LogP contribution in [0.3, 0.4) is 0 Å². The Morgan fingerprint density at radius 2 is 2.03 bits per heavy atom. The number of amides is 2. The minimum atomic E-state index is -1.23. The first-order chi connectivity index (χ1) is 14.6. The van der Waals surface area contributed by atoms with Crippen molar-refractivity contribution in [1.29, 1.82) is 0 Å². The lowest BCUT2D eigenvalue weighted by Gasteiger charge is -2.40. The maximum absolute atomic E-state index is 13.2. The summed E-state index contributed by atoms with van der Waals surface area (Å²) in [4.78, 5) is 30.0. The van der Waals surface area contributed by atoms with Crippen molar-refractivity contribution in [2.45, 2.75) is 63.1 Å². The van der Waals surface area contributed by atoms with Crippen LogP contribution in [0.2, 0.25) is 0 Å². The van der Waals surface area contributed by atoms with E-state index in [0.29, 0.717) is 31.2 Å². The van der Waals surface area contributed by atoms with Crippen LogP contribution in [0.15, 0.2) is 6.07 Å². The van der Waals surface area contributed by atoms with Gasteiger partial charge in [0.05, 0.1) is 30.8 Å². The van der Waals surface area contributed by atoms with Crippen LogP contribution in [0.25, 0.3) is 0 Å². The Balaban J connectivity index is 1.45. The molecule has 2 fully saturated rings. The molecule has 1 aromatic heterocycles. The lowest BCUT2D eigenvalue weighted by Crippen LogP contribution is -2.62. The van der Waals surface area contributed by atoms with E-state index in [2.05, 4.69) is 5.32 Å². The van der Waals surface area contributed by atoms with Crippen molar-refractivity contribution in [2.24, 2.45) is 0 Å². The van der Waals surface area contributed by atoms with Gasteiger partial charge in [-0.25, -0.2) is 0 Å². The number of aliphatic hydroxyl groups excluding tert-OH is 1. The molecule has 2 saturated heterocycles. The normalized spacial score (nSPS) is 28.2. The van der Waals surface area contributed by atoms with Crippen LogP contribution in [0.4, 0.5) is 0 Å². The monoisotopic (exact) mass is 436 g/mol. The summed E-state index contributed by atoms with van der Waals surface area (Å²) in [7, 11) is 0. The lowest BCUT2D eigenvalue weighted by atomic mass is 9.99. The summed E-state index contributed by atoms with van der Waals surface area (Å²) in [5.74, 6) is -0.808. The number of aliphatic hydroxyl groups is 1. The molecule has 4 rings (SSSR count). The highest BCUT2D eigenvalue weighted by Gasteiger charge is 2.45. The zero-order valence-electron chi connectivity index (χ0n) is 17.5. The van der Waals surface area contributed by atoms with E-state index in [4.69, 9.17) is 9.47 Å². The minimum absolute atomic E-state index is 0.111. The van der Waals surface area contributed by atoms with E-state index in [-0.39, 0.29) is 12.5 Å². The smallest absolute Gasteiger partial charge is 0.268 e. The standard InChI is InChI=1S/C22H32N2O5S/c25-17-7-5-9-24(13-17)14-22(15-28-10-11-29-22)21(27)23-20(26)19-12-16-6-3-1-2-4-8-18(16)30-19/h12,17,25H,1-11,13-15H2,(H,23,26,27). The number of piperidine rings is 1. The maximum atomic E-state index is 13.2. The van der Waals surface area contributed by atoms with Gasteiger partial charge in [0.2, 0.25) is 0 Å². The molecular weight excluding hydrogens is 404 g/mol. The predicted molar refractivity (Wildman–Crippen MR) is 114 cm³/mol. The highest BCUT2D eigenvalue weighted by Crippen LogP contribution is 2.29. The lowest BCUT2D eigenvalue weighted by molar-refractivity contribution is -0.183. The SMILES string of the molecule is O=C(NC(=O)C1(CN2CCCC(O)C2)COCCO1)c1cc2c(s1)CCCCCC2. The van der Waals surface area contributed by atoms with Crippen molar-refractivity contribution in [3.8, 4) is 0 Å². The Hall–Kier alpha value is -1.32. The molecule has 2 amide bonds. The van der Waals surface area contributed by atoms with Crippen molar-refractivity contribution in [3.63, 3.8) is 0 Å². The molecule has 0 saturated carbocycles. The Bertz CT molecular complexity index is 733. The number of aryl methyl sites for hydroxylation is 2. The predicted octanol–water partition coefficient (Wildman–Crippen LogP) is 1.91. The fraction of sp³-hybridized carbons (Fsp3) is 0.727. The Kier molecular flexibility index (Phi) is 7.20. The average Bonchev–Trinajstić information content (AvgIpc) is 3.10. The summed E-state index contributed by atoms with van der Waals surface area (Å²) in [5.41, 5.74) is 0.0307. The van der Waals surface area contributed by atoms with Gasteiger partial charge in [0.1, 0.15) is 0 Å². The second-order valence-corrected chi connectivity index (χ2v) is 9.82. The van der Waals surface area contributed by atoms with Crippen molar-refractivity contribution < 1.29 is 24.2 Å². The highest BCUT2D eigenvalue weighted by molar-refractivity contribution is 7.14. The molecule has 2 atom stereocenters. The average molecular weight is 437 g/mol. The molecular formula is C22H32N2O5S. The van der Waals surface area contributed by atoms with Gasteiger partial charge in [-0.15, -0.1) is 11.3 Å². The van der Waals surface area contributed by atoms with E-state index in [9.17, 15) is 14.7 Å². The maximum Gasteiger partial charge on any atom is 0.268 e. The molecule has 3 aliphatic rings. The number of hydrogen-bond acceptors (Lipinski definition) is 7. The van der Waals surface area contributed by atoms with Crippen LogP contribution in [0, 0.1) is 0 Å². The first-order valence-electron chi connectivity index (χ1n) is 11.2. The third-order valence-electron chi connectivity index (χ3n) is 6.26. The Morgan fingerprint density at radius 3 is 2.80 bits per heavy atom. The van der Waals surface area contributed by atoms with Crippen LogP contribution in [0.1, 0.15) is 58.6 Å². The summed E-state index contributed by atoms with van der Waals surface area (Å²) in [6.45, 7) is 2.46. The number of thiophene rings is 1. The third-order valence-corrected chi connectivity index (χ3v) is 7.50. The second kappa shape index (κ2) is 9.87. The molecule has 30 heavy (non-hydrogen) atoms. The van der Waals surface area contributed by atoms with Gasteiger partial charge in [0.15, 0.2) is 5.60 Å². The van der Waals surface area contributed by atoms with Gasteiger partial charge in [-0.1, -0.05) is 12.8 Å². The van der Waals surface area contributed by atoms with Crippen LogP contribution in [-0.4, -0.2) is 73.0 Å². The van der Waals surface area contributed by atoms with Gasteiger partial charge >= 0.3 is 0 Å². The van der Waals surface area contributed by atoms with E-state index in [1.165, 1.54) is 34.6 Å². The van der Waals surface area contributed by atoms with Crippen molar-refractivity contribution in [1.82, 2.24) is 10.2 Å². The van der Waals surface area contributed by atoms with E-state index < -0.39 is 17.6 Å². The molecule has 2 N–H and O–H groups in total. The Labute approximate surface area is 181 Å².